The molecule has 0 unspecified atom stereocenters. The molecule has 2 aliphatic carbocycles. The molecule has 2 aromatic heterocycles. The fourth-order valence-corrected chi connectivity index (χ4v) is 5.78. The number of nitrogens with two attached hydrogens (primary N) is 1. The van der Waals surface area contributed by atoms with E-state index in [1.54, 1.807) is 21.1 Å². The van der Waals surface area contributed by atoms with Crippen LogP contribution in [-0.4, -0.2) is 81.2 Å². The van der Waals surface area contributed by atoms with Crippen molar-refractivity contribution in [1.29, 1.82) is 0 Å². The standard InChI is InChI=1S/C29H33F3N8O5/c1-34-26-23(35-14-39(26)28(44)38(2)3)27(43)45-17-10-7-15(8-11-17)36-19-13-16(9-12-18(19)25(33)42)40-20-5-4-6-21(41)22(20)24(37-40)29(30,31)32/h9,12-15,17,34,36H,4-8,10-11H2,1-3H3,(H2,33,42). The van der Waals surface area contributed by atoms with Crippen molar-refractivity contribution >= 4 is 35.2 Å². The fourth-order valence-electron chi connectivity index (χ4n) is 5.78. The highest BCUT2D eigenvalue weighted by molar-refractivity contribution is 6.00. The maximum Gasteiger partial charge on any atom is 0.435 e. The number of aromatic nitrogens is 4. The maximum atomic E-state index is 13.8. The summed E-state index contributed by atoms with van der Waals surface area (Å²) < 4.78 is 49.4. The Kier molecular flexibility index (Phi) is 8.58. The number of carbonyl (C=O) groups excluding carboxylic acids is 4. The molecule has 0 atom stereocenters. The van der Waals surface area contributed by atoms with Crippen molar-refractivity contribution < 1.29 is 37.1 Å². The van der Waals surface area contributed by atoms with E-state index in [1.807, 2.05) is 0 Å². The summed E-state index contributed by atoms with van der Waals surface area (Å²) in [6, 6.07) is 3.80. The number of hydrogen-bond donors (Lipinski definition) is 3. The van der Waals surface area contributed by atoms with Crippen LogP contribution in [0.3, 0.4) is 0 Å². The summed E-state index contributed by atoms with van der Waals surface area (Å²) >= 11 is 0. The molecule has 2 aliphatic rings. The molecule has 240 valence electrons. The monoisotopic (exact) mass is 630 g/mol. The highest BCUT2D eigenvalue weighted by Crippen LogP contribution is 2.37. The number of esters is 1. The van der Waals surface area contributed by atoms with Gasteiger partial charge in [0.2, 0.25) is 0 Å². The number of benzene rings is 1. The Morgan fingerprint density at radius 2 is 1.82 bits per heavy atom. The van der Waals surface area contributed by atoms with Crippen molar-refractivity contribution in [3.8, 4) is 5.69 Å². The molecule has 45 heavy (non-hydrogen) atoms. The van der Waals surface area contributed by atoms with Crippen LogP contribution in [0, 0.1) is 0 Å². The van der Waals surface area contributed by atoms with Crippen LogP contribution in [0.15, 0.2) is 24.5 Å². The number of nitrogens with zero attached hydrogens (tertiary/aromatic N) is 5. The van der Waals surface area contributed by atoms with Gasteiger partial charge in [-0.15, -0.1) is 0 Å². The molecule has 0 spiro atoms. The highest BCUT2D eigenvalue weighted by Gasteiger charge is 2.42. The first-order valence-electron chi connectivity index (χ1n) is 14.4. The largest absolute Gasteiger partial charge is 0.458 e. The van der Waals surface area contributed by atoms with Gasteiger partial charge in [0.25, 0.3) is 5.91 Å². The first kappa shape index (κ1) is 31.5. The minimum atomic E-state index is -4.81. The molecule has 0 saturated heterocycles. The topological polar surface area (TPSA) is 166 Å². The summed E-state index contributed by atoms with van der Waals surface area (Å²) in [5.41, 5.74) is 4.83. The zero-order chi connectivity index (χ0) is 32.6. The molecule has 1 aromatic carbocycles. The molecule has 0 radical (unpaired) electrons. The Balaban J connectivity index is 1.31. The Morgan fingerprint density at radius 3 is 2.44 bits per heavy atom. The quantitative estimate of drug-likeness (QED) is 0.329. The number of ketones is 1. The average Bonchev–Trinajstić information content (AvgIpc) is 3.60. The molecule has 4 N–H and O–H groups in total. The van der Waals surface area contributed by atoms with Crippen LogP contribution >= 0.6 is 0 Å². The van der Waals surface area contributed by atoms with Gasteiger partial charge in [0.15, 0.2) is 17.2 Å². The lowest BCUT2D eigenvalue weighted by Crippen LogP contribution is -2.32. The van der Waals surface area contributed by atoms with Crippen molar-refractivity contribution in [3.05, 3.63) is 52.7 Å². The molecular weight excluding hydrogens is 597 g/mol. The van der Waals surface area contributed by atoms with Gasteiger partial charge >= 0.3 is 18.2 Å². The van der Waals surface area contributed by atoms with Crippen LogP contribution in [0.2, 0.25) is 0 Å². The second-order valence-corrected chi connectivity index (χ2v) is 11.2. The Bertz CT molecular complexity index is 1650. The maximum absolute atomic E-state index is 13.8. The number of carbonyl (C=O) groups is 4. The van der Waals surface area contributed by atoms with Gasteiger partial charge in [-0.3, -0.25) is 9.59 Å². The van der Waals surface area contributed by atoms with Gasteiger partial charge in [-0.05, 0) is 56.7 Å². The molecule has 5 rings (SSSR count). The van der Waals surface area contributed by atoms with Gasteiger partial charge in [-0.1, -0.05) is 0 Å². The predicted molar refractivity (Wildman–Crippen MR) is 156 cm³/mol. The lowest BCUT2D eigenvalue weighted by molar-refractivity contribution is -0.141. The van der Waals surface area contributed by atoms with Crippen LogP contribution in [0.4, 0.5) is 29.5 Å². The molecule has 16 heteroatoms. The number of Topliss-reactive ketones (excluding diaryl/α,β-unsaturated/α-hetero) is 1. The van der Waals surface area contributed by atoms with E-state index in [-0.39, 0.29) is 47.3 Å². The minimum Gasteiger partial charge on any atom is -0.458 e. The summed E-state index contributed by atoms with van der Waals surface area (Å²) in [7, 11) is 4.71. The van der Waals surface area contributed by atoms with Gasteiger partial charge < -0.3 is 26.0 Å². The third kappa shape index (κ3) is 6.21. The summed E-state index contributed by atoms with van der Waals surface area (Å²) in [5.74, 6) is -1.80. The number of rotatable bonds is 7. The van der Waals surface area contributed by atoms with Crippen LogP contribution in [-0.2, 0) is 17.3 Å². The van der Waals surface area contributed by atoms with E-state index in [9.17, 15) is 32.3 Å². The SMILES string of the molecule is CNc1c(C(=O)OC2CCC(Nc3cc(-n4nc(C(F)(F)F)c5c4CCCC5=O)ccc3C(N)=O)CC2)ncn1C(=O)N(C)C. The van der Waals surface area contributed by atoms with Crippen LogP contribution in [0.1, 0.15) is 81.1 Å². The predicted octanol–water partition coefficient (Wildman–Crippen LogP) is 3.86. The van der Waals surface area contributed by atoms with Crippen LogP contribution < -0.4 is 16.4 Å². The molecule has 2 amide bonds. The number of hydrogen-bond acceptors (Lipinski definition) is 9. The number of primary amides is 1. The smallest absolute Gasteiger partial charge is 0.435 e. The third-order valence-electron chi connectivity index (χ3n) is 7.95. The molecule has 2 heterocycles. The fraction of sp³-hybridized carbons (Fsp3) is 0.448. The van der Waals surface area contributed by atoms with Crippen molar-refractivity contribution in [2.45, 2.75) is 63.3 Å². The molecule has 13 nitrogen and oxygen atoms in total. The van der Waals surface area contributed by atoms with E-state index in [4.69, 9.17) is 10.5 Å². The zero-order valence-corrected chi connectivity index (χ0v) is 24.9. The number of anilines is 2. The molecular formula is C29H33F3N8O5. The lowest BCUT2D eigenvalue weighted by atomic mass is 9.92. The summed E-state index contributed by atoms with van der Waals surface area (Å²) in [6.07, 6.45) is -1.29. The zero-order valence-electron chi connectivity index (χ0n) is 24.9. The second kappa shape index (κ2) is 12.2. The Morgan fingerprint density at radius 1 is 1.11 bits per heavy atom. The van der Waals surface area contributed by atoms with E-state index < -0.39 is 47.2 Å². The normalized spacial score (nSPS) is 18.2. The number of amides is 2. The highest BCUT2D eigenvalue weighted by atomic mass is 19.4. The molecule has 1 saturated carbocycles. The van der Waals surface area contributed by atoms with E-state index in [1.165, 1.54) is 34.0 Å². The van der Waals surface area contributed by atoms with Crippen molar-refractivity contribution in [2.75, 3.05) is 31.8 Å². The van der Waals surface area contributed by atoms with Crippen molar-refractivity contribution in [3.63, 3.8) is 0 Å². The number of halogens is 3. The Hall–Kier alpha value is -4.89. The number of ether oxygens (including phenoxy) is 1. The molecule has 1 fully saturated rings. The molecule has 3 aromatic rings. The van der Waals surface area contributed by atoms with Crippen LogP contribution in [0.25, 0.3) is 5.69 Å². The average molecular weight is 631 g/mol. The molecule has 0 bridgehead atoms. The number of alkyl halides is 3. The van der Waals surface area contributed by atoms with Gasteiger partial charge in [0.05, 0.1) is 22.5 Å². The van der Waals surface area contributed by atoms with E-state index >= 15 is 0 Å². The van der Waals surface area contributed by atoms with E-state index in [0.717, 1.165) is 4.68 Å². The van der Waals surface area contributed by atoms with Crippen molar-refractivity contribution in [2.24, 2.45) is 5.73 Å². The Labute approximate surface area is 255 Å². The number of fused-ring (bicyclic) bond motifs is 1. The van der Waals surface area contributed by atoms with Gasteiger partial charge in [0, 0.05) is 39.3 Å². The van der Waals surface area contributed by atoms with Crippen LogP contribution in [0.5, 0.6) is 0 Å². The summed E-state index contributed by atoms with van der Waals surface area (Å²) in [5, 5.41) is 9.88. The molecule has 0 aliphatic heterocycles. The number of nitrogens with one attached hydrogen (secondary N) is 2. The minimum absolute atomic E-state index is 0.0171. The summed E-state index contributed by atoms with van der Waals surface area (Å²) in [4.78, 5) is 55.4. The van der Waals surface area contributed by atoms with Gasteiger partial charge in [0.1, 0.15) is 18.2 Å². The van der Waals surface area contributed by atoms with Crippen molar-refractivity contribution in [1.82, 2.24) is 24.2 Å². The van der Waals surface area contributed by atoms with Gasteiger partial charge in [-0.2, -0.15) is 18.3 Å². The van der Waals surface area contributed by atoms with E-state index in [0.29, 0.717) is 37.8 Å². The first-order valence-corrected chi connectivity index (χ1v) is 14.4. The summed E-state index contributed by atoms with van der Waals surface area (Å²) in [6.45, 7) is 0. The second-order valence-electron chi connectivity index (χ2n) is 11.2. The third-order valence-corrected chi connectivity index (χ3v) is 7.95. The van der Waals surface area contributed by atoms with E-state index in [2.05, 4.69) is 20.7 Å². The van der Waals surface area contributed by atoms with Gasteiger partial charge in [-0.25, -0.2) is 23.8 Å². The number of imidazole rings is 1. The first-order chi connectivity index (χ1) is 21.3. The lowest BCUT2D eigenvalue weighted by Gasteiger charge is -2.30.